The van der Waals surface area contributed by atoms with Gasteiger partial charge in [0.1, 0.15) is 0 Å². The van der Waals surface area contributed by atoms with Crippen LogP contribution in [0.3, 0.4) is 0 Å². The maximum absolute atomic E-state index is 9.03. The molecule has 0 aromatic heterocycles. The molecule has 0 atom stereocenters. The van der Waals surface area contributed by atoms with Crippen molar-refractivity contribution in [2.24, 2.45) is 23.7 Å². The zero-order valence-corrected chi connectivity index (χ0v) is 12.6. The van der Waals surface area contributed by atoms with Crippen LogP contribution in [0.5, 0.6) is 0 Å². The van der Waals surface area contributed by atoms with Crippen molar-refractivity contribution < 1.29 is 19.1 Å². The summed E-state index contributed by atoms with van der Waals surface area (Å²) in [5.74, 6) is 4.40. The normalized spacial score (nSPS) is 39.5. The van der Waals surface area contributed by atoms with Crippen LogP contribution in [-0.4, -0.2) is 44.9 Å². The second-order valence-electron chi connectivity index (χ2n) is 7.49. The third-order valence-electron chi connectivity index (χ3n) is 5.24. The van der Waals surface area contributed by atoms with E-state index in [1.54, 1.807) is 32.1 Å². The molecule has 0 heterocycles. The molecule has 4 nitrogen and oxygen atoms in total. The van der Waals surface area contributed by atoms with Crippen LogP contribution in [0.1, 0.15) is 32.1 Å². The minimum Gasteiger partial charge on any atom is -0.553 e. The average Bonchev–Trinajstić information content (AvgIpc) is 2.26. The van der Waals surface area contributed by atoms with Gasteiger partial charge in [-0.1, -0.05) is 0 Å². The molecule has 4 saturated carbocycles. The molecule has 4 fully saturated rings. The molecule has 19 heavy (non-hydrogen) atoms. The highest BCUT2D eigenvalue weighted by Crippen LogP contribution is 2.55. The van der Waals surface area contributed by atoms with Crippen molar-refractivity contribution >= 4 is 6.16 Å². The zero-order valence-electron chi connectivity index (χ0n) is 12.6. The topological polar surface area (TPSA) is 49.4 Å². The number of carbonyl (C=O) groups is 1. The second-order valence-corrected chi connectivity index (χ2v) is 7.49. The molecular weight excluding hydrogens is 242 g/mol. The van der Waals surface area contributed by atoms with Gasteiger partial charge in [0.2, 0.25) is 0 Å². The fourth-order valence-electron chi connectivity index (χ4n) is 5.16. The van der Waals surface area contributed by atoms with Crippen molar-refractivity contribution in [3.8, 4) is 0 Å². The Morgan fingerprint density at radius 2 is 1.37 bits per heavy atom. The summed E-state index contributed by atoms with van der Waals surface area (Å²) in [6, 6.07) is 0.989. The predicted molar refractivity (Wildman–Crippen MR) is 71.3 cm³/mol. The smallest absolute Gasteiger partial charge is 0.251 e. The Balaban J connectivity index is 0.000000232. The minimum absolute atomic E-state index is 0.989. The molecule has 4 rings (SSSR count). The van der Waals surface area contributed by atoms with Gasteiger partial charge in [-0.25, -0.2) is 0 Å². The Morgan fingerprint density at radius 3 is 1.63 bits per heavy atom. The summed E-state index contributed by atoms with van der Waals surface area (Å²) >= 11 is 0. The number of quaternary nitrogens is 1. The van der Waals surface area contributed by atoms with E-state index < -0.39 is 6.16 Å². The Labute approximate surface area is 116 Å². The van der Waals surface area contributed by atoms with E-state index in [1.807, 2.05) is 0 Å². The Bertz CT molecular complexity index is 307. The van der Waals surface area contributed by atoms with Crippen LogP contribution in [0.4, 0.5) is 4.79 Å². The summed E-state index contributed by atoms with van der Waals surface area (Å²) in [4.78, 5) is 9.03. The fourth-order valence-corrected chi connectivity index (χ4v) is 5.16. The van der Waals surface area contributed by atoms with Gasteiger partial charge in [0.05, 0.1) is 27.2 Å². The first-order valence-electron chi connectivity index (χ1n) is 7.37. The summed E-state index contributed by atoms with van der Waals surface area (Å²) in [6.07, 6.45) is 6.34. The van der Waals surface area contributed by atoms with E-state index in [0.29, 0.717) is 0 Å². The fraction of sp³-hybridized carbons (Fsp3) is 0.933. The van der Waals surface area contributed by atoms with Crippen molar-refractivity contribution in [2.45, 2.75) is 38.1 Å². The highest BCUT2D eigenvalue weighted by Gasteiger charge is 2.53. The number of carboxylic acid groups (broad SMARTS) is 1. The second kappa shape index (κ2) is 5.31. The summed E-state index contributed by atoms with van der Waals surface area (Å²) in [6.45, 7) is 0. The van der Waals surface area contributed by atoms with Crippen LogP contribution in [0, 0.1) is 23.7 Å². The summed E-state index contributed by atoms with van der Waals surface area (Å²) < 4.78 is 4.77. The van der Waals surface area contributed by atoms with Gasteiger partial charge in [0.15, 0.2) is 0 Å². The molecule has 0 N–H and O–H groups in total. The van der Waals surface area contributed by atoms with Gasteiger partial charge in [0.25, 0.3) is 6.16 Å². The first-order valence-corrected chi connectivity index (χ1v) is 7.37. The van der Waals surface area contributed by atoms with Crippen molar-refractivity contribution in [3.63, 3.8) is 0 Å². The molecule has 0 radical (unpaired) electrons. The van der Waals surface area contributed by atoms with Gasteiger partial charge < -0.3 is 19.1 Å². The Hall–Kier alpha value is -0.770. The number of ether oxygens (including phenoxy) is 1. The number of carbonyl (C=O) groups excluding carboxylic acids is 1. The first-order chi connectivity index (χ1) is 8.81. The molecule has 4 aliphatic carbocycles. The number of nitrogens with zero attached hydrogens (tertiary/aromatic N) is 1. The van der Waals surface area contributed by atoms with Crippen molar-refractivity contribution in [1.29, 1.82) is 0 Å². The van der Waals surface area contributed by atoms with Crippen molar-refractivity contribution in [2.75, 3.05) is 28.3 Å². The molecule has 0 aromatic rings. The quantitative estimate of drug-likeness (QED) is 0.535. The van der Waals surface area contributed by atoms with Crippen molar-refractivity contribution in [1.82, 2.24) is 0 Å². The molecule has 0 spiro atoms. The summed E-state index contributed by atoms with van der Waals surface area (Å²) in [5, 5.41) is 9.03. The minimum atomic E-state index is -1.50. The molecule has 0 amide bonds. The molecule has 4 heteroatoms. The lowest BCUT2D eigenvalue weighted by Gasteiger charge is -2.57. The highest BCUT2D eigenvalue weighted by atomic mass is 16.6. The predicted octanol–water partition coefficient (Wildman–Crippen LogP) is 1.49. The van der Waals surface area contributed by atoms with E-state index in [4.69, 9.17) is 9.90 Å². The number of rotatable bonds is 1. The van der Waals surface area contributed by atoms with Gasteiger partial charge in [-0.3, -0.25) is 0 Å². The van der Waals surface area contributed by atoms with Crippen LogP contribution in [0.15, 0.2) is 0 Å². The summed E-state index contributed by atoms with van der Waals surface area (Å²) in [7, 11) is 8.27. The number of hydrogen-bond donors (Lipinski definition) is 0. The van der Waals surface area contributed by atoms with E-state index in [9.17, 15) is 0 Å². The largest absolute Gasteiger partial charge is 0.553 e. The van der Waals surface area contributed by atoms with Crippen LogP contribution in [-0.2, 0) is 4.74 Å². The van der Waals surface area contributed by atoms with E-state index in [1.165, 1.54) is 4.48 Å². The van der Waals surface area contributed by atoms with Gasteiger partial charge in [0, 0.05) is 18.9 Å². The molecule has 0 unspecified atom stereocenters. The number of hydrogen-bond acceptors (Lipinski definition) is 3. The van der Waals surface area contributed by atoms with Gasteiger partial charge in [-0.2, -0.15) is 0 Å². The molecule has 110 valence electrons. The van der Waals surface area contributed by atoms with Crippen molar-refractivity contribution in [3.05, 3.63) is 0 Å². The Kier molecular flexibility index (Phi) is 4.09. The Morgan fingerprint density at radius 1 is 1.00 bits per heavy atom. The van der Waals surface area contributed by atoms with Gasteiger partial charge in [-0.05, 0) is 43.9 Å². The molecule has 4 bridgehead atoms. The SMILES string of the molecule is COC(=O)[O-].C[N+](C)(C)C1C2CC3CC(C2)CC1C3. The molecule has 0 saturated heterocycles. The van der Waals surface area contributed by atoms with Crippen LogP contribution >= 0.6 is 0 Å². The third-order valence-corrected chi connectivity index (χ3v) is 5.24. The third kappa shape index (κ3) is 3.22. The summed E-state index contributed by atoms with van der Waals surface area (Å²) in [5.41, 5.74) is 0. The lowest BCUT2D eigenvalue weighted by atomic mass is 9.53. The van der Waals surface area contributed by atoms with Gasteiger partial charge >= 0.3 is 0 Å². The standard InChI is InChI=1S/C13H24N.C2H4O3/c1-14(2,3)13-11-5-9-4-10(7-11)8-12(13)6-9;1-5-2(3)4/h9-13H,4-8H2,1-3H3;1H3,(H,3,4)/q+1;/p-1. The van der Waals surface area contributed by atoms with Gasteiger partial charge in [-0.15, -0.1) is 0 Å². The average molecular weight is 269 g/mol. The monoisotopic (exact) mass is 269 g/mol. The number of methoxy groups -OCH3 is 1. The van der Waals surface area contributed by atoms with E-state index in [0.717, 1.165) is 36.8 Å². The molecule has 0 aliphatic heterocycles. The van der Waals surface area contributed by atoms with E-state index in [-0.39, 0.29) is 0 Å². The van der Waals surface area contributed by atoms with Crippen LogP contribution < -0.4 is 5.11 Å². The lowest BCUT2D eigenvalue weighted by Crippen LogP contribution is -2.60. The molecule has 4 aliphatic rings. The highest BCUT2D eigenvalue weighted by molar-refractivity contribution is 5.53. The van der Waals surface area contributed by atoms with Crippen LogP contribution in [0.25, 0.3) is 0 Å². The van der Waals surface area contributed by atoms with E-state index in [2.05, 4.69) is 25.9 Å². The zero-order chi connectivity index (χ0) is 14.2. The first kappa shape index (κ1) is 14.6. The van der Waals surface area contributed by atoms with E-state index >= 15 is 0 Å². The maximum atomic E-state index is 9.03. The van der Waals surface area contributed by atoms with Crippen LogP contribution in [0.2, 0.25) is 0 Å². The molecule has 0 aromatic carbocycles. The maximum Gasteiger partial charge on any atom is 0.251 e. The lowest BCUT2D eigenvalue weighted by molar-refractivity contribution is -0.907. The molecular formula is C15H27NO3.